The number of esters is 1. The number of benzene rings is 2. The molecule has 0 heterocycles. The molecular formula is C20H22ClNO5S. The first kappa shape index (κ1) is 21.9. The third-order valence-corrected chi connectivity index (χ3v) is 5.30. The van der Waals surface area contributed by atoms with Gasteiger partial charge >= 0.3 is 5.97 Å². The summed E-state index contributed by atoms with van der Waals surface area (Å²) in [6.07, 6.45) is 0.666. The van der Waals surface area contributed by atoms with Crippen molar-refractivity contribution in [3.05, 3.63) is 64.7 Å². The number of carbonyl (C=O) groups excluding carboxylic acids is 2. The van der Waals surface area contributed by atoms with Crippen LogP contribution in [0.4, 0.5) is 0 Å². The molecule has 0 aromatic heterocycles. The number of carbonyl (C=O) groups is 2. The van der Waals surface area contributed by atoms with E-state index in [4.69, 9.17) is 16.3 Å². The molecule has 1 amide bonds. The van der Waals surface area contributed by atoms with Crippen molar-refractivity contribution < 1.29 is 22.7 Å². The molecule has 6 nitrogen and oxygen atoms in total. The fourth-order valence-electron chi connectivity index (χ4n) is 2.58. The van der Waals surface area contributed by atoms with Gasteiger partial charge in [-0.15, -0.1) is 0 Å². The quantitative estimate of drug-likeness (QED) is 0.688. The van der Waals surface area contributed by atoms with Crippen LogP contribution in [0.15, 0.2) is 53.4 Å². The number of nitrogens with one attached hydrogen (secondary N) is 1. The van der Waals surface area contributed by atoms with Crippen LogP contribution in [-0.4, -0.2) is 32.7 Å². The van der Waals surface area contributed by atoms with Gasteiger partial charge in [0, 0.05) is 16.8 Å². The highest BCUT2D eigenvalue weighted by Crippen LogP contribution is 2.26. The minimum absolute atomic E-state index is 0.0358. The Morgan fingerprint density at radius 3 is 2.39 bits per heavy atom. The molecule has 0 aliphatic carbocycles. The predicted octanol–water partition coefficient (Wildman–Crippen LogP) is 3.56. The second kappa shape index (κ2) is 9.21. The summed E-state index contributed by atoms with van der Waals surface area (Å²) < 4.78 is 28.6. The summed E-state index contributed by atoms with van der Waals surface area (Å²) in [4.78, 5) is 24.9. The number of hydrogen-bond acceptors (Lipinski definition) is 5. The van der Waals surface area contributed by atoms with Crippen LogP contribution in [0.1, 0.15) is 42.2 Å². The summed E-state index contributed by atoms with van der Waals surface area (Å²) in [5, 5.41) is 3.15. The van der Waals surface area contributed by atoms with Gasteiger partial charge in [0.1, 0.15) is 0 Å². The molecule has 0 saturated carbocycles. The van der Waals surface area contributed by atoms with Gasteiger partial charge in [0.25, 0.3) is 5.91 Å². The molecule has 0 fully saturated rings. The van der Waals surface area contributed by atoms with E-state index in [0.717, 1.165) is 6.26 Å². The molecule has 0 radical (unpaired) electrons. The van der Waals surface area contributed by atoms with E-state index in [1.165, 1.54) is 24.3 Å². The first-order valence-corrected chi connectivity index (χ1v) is 10.9. The average Bonchev–Trinajstić information content (AvgIpc) is 2.60. The molecule has 28 heavy (non-hydrogen) atoms. The third kappa shape index (κ3) is 6.07. The average molecular weight is 424 g/mol. The number of rotatable bonds is 7. The van der Waals surface area contributed by atoms with Crippen molar-refractivity contribution in [1.29, 1.82) is 0 Å². The molecule has 1 atom stereocenters. The lowest BCUT2D eigenvalue weighted by Gasteiger charge is -2.20. The summed E-state index contributed by atoms with van der Waals surface area (Å²) in [7, 11) is -3.45. The van der Waals surface area contributed by atoms with Gasteiger partial charge in [-0.05, 0) is 43.7 Å². The van der Waals surface area contributed by atoms with Crippen LogP contribution in [0.3, 0.4) is 0 Å². The Kier molecular flexibility index (Phi) is 7.21. The van der Waals surface area contributed by atoms with E-state index in [1.54, 1.807) is 38.1 Å². The van der Waals surface area contributed by atoms with E-state index in [1.807, 2.05) is 0 Å². The smallest absolute Gasteiger partial charge is 0.308 e. The van der Waals surface area contributed by atoms with E-state index >= 15 is 0 Å². The lowest BCUT2D eigenvalue weighted by molar-refractivity contribution is -0.147. The van der Waals surface area contributed by atoms with Crippen molar-refractivity contribution in [2.45, 2.75) is 37.3 Å². The van der Waals surface area contributed by atoms with Gasteiger partial charge in [0.15, 0.2) is 9.84 Å². The maximum Gasteiger partial charge on any atom is 0.308 e. The molecule has 0 spiro atoms. The first-order chi connectivity index (χ1) is 13.1. The van der Waals surface area contributed by atoms with E-state index < -0.39 is 27.8 Å². The molecule has 0 saturated heterocycles. The monoisotopic (exact) mass is 423 g/mol. The van der Waals surface area contributed by atoms with Crippen molar-refractivity contribution >= 4 is 33.3 Å². The Morgan fingerprint density at radius 2 is 1.79 bits per heavy atom. The summed E-state index contributed by atoms with van der Waals surface area (Å²) in [5.74, 6) is -1.00. The zero-order valence-corrected chi connectivity index (χ0v) is 17.4. The normalized spacial score (nSPS) is 12.5. The molecule has 1 N–H and O–H groups in total. The lowest BCUT2D eigenvalue weighted by Crippen LogP contribution is -2.31. The Morgan fingerprint density at radius 1 is 1.11 bits per heavy atom. The second-order valence-electron chi connectivity index (χ2n) is 6.59. The van der Waals surface area contributed by atoms with E-state index in [-0.39, 0.29) is 23.0 Å². The van der Waals surface area contributed by atoms with Crippen molar-refractivity contribution in [3.8, 4) is 0 Å². The topological polar surface area (TPSA) is 89.5 Å². The molecular weight excluding hydrogens is 402 g/mol. The number of sulfone groups is 1. The fourth-order valence-corrected chi connectivity index (χ4v) is 3.52. The Labute approximate surface area is 169 Å². The number of hydrogen-bond donors (Lipinski definition) is 1. The summed E-state index contributed by atoms with van der Waals surface area (Å²) in [6.45, 7) is 3.47. The van der Waals surface area contributed by atoms with E-state index in [9.17, 15) is 18.0 Å². The van der Waals surface area contributed by atoms with Gasteiger partial charge in [-0.2, -0.15) is 0 Å². The molecule has 150 valence electrons. The van der Waals surface area contributed by atoms with Crippen LogP contribution < -0.4 is 5.32 Å². The Balaban J connectivity index is 2.30. The highest BCUT2D eigenvalue weighted by Gasteiger charge is 2.23. The van der Waals surface area contributed by atoms with Crippen LogP contribution in [0, 0.1) is 0 Å². The van der Waals surface area contributed by atoms with Gasteiger partial charge < -0.3 is 10.1 Å². The molecule has 0 aliphatic rings. The summed E-state index contributed by atoms with van der Waals surface area (Å²) in [5.41, 5.74) is 0.731. The van der Waals surface area contributed by atoms with E-state index in [0.29, 0.717) is 10.6 Å². The number of amides is 1. The molecule has 2 rings (SSSR count). The first-order valence-electron chi connectivity index (χ1n) is 8.63. The van der Waals surface area contributed by atoms with E-state index in [2.05, 4.69) is 5.32 Å². The molecule has 0 bridgehead atoms. The van der Waals surface area contributed by atoms with Gasteiger partial charge in [-0.3, -0.25) is 9.59 Å². The van der Waals surface area contributed by atoms with Crippen molar-refractivity contribution in [3.63, 3.8) is 0 Å². The van der Waals surface area contributed by atoms with Crippen molar-refractivity contribution in [1.82, 2.24) is 5.32 Å². The predicted molar refractivity (Wildman–Crippen MR) is 107 cm³/mol. The van der Waals surface area contributed by atoms with Gasteiger partial charge in [0.2, 0.25) is 0 Å². The number of ether oxygens (including phenoxy) is 1. The maximum atomic E-state index is 12.7. The number of halogens is 1. The summed E-state index contributed by atoms with van der Waals surface area (Å²) >= 11 is 6.24. The largest absolute Gasteiger partial charge is 0.463 e. The minimum Gasteiger partial charge on any atom is -0.463 e. The maximum absolute atomic E-state index is 12.7. The zero-order chi connectivity index (χ0) is 20.9. The van der Waals surface area contributed by atoms with Crippen LogP contribution in [0.25, 0.3) is 0 Å². The van der Waals surface area contributed by atoms with Gasteiger partial charge in [-0.1, -0.05) is 35.9 Å². The molecule has 0 unspecified atom stereocenters. The van der Waals surface area contributed by atoms with Crippen molar-refractivity contribution in [2.75, 3.05) is 6.26 Å². The highest BCUT2D eigenvalue weighted by molar-refractivity contribution is 7.90. The van der Waals surface area contributed by atoms with Crippen LogP contribution in [0.2, 0.25) is 5.02 Å². The van der Waals surface area contributed by atoms with Crippen molar-refractivity contribution in [2.24, 2.45) is 0 Å². The van der Waals surface area contributed by atoms with Gasteiger partial charge in [0.05, 0.1) is 23.5 Å². The van der Waals surface area contributed by atoms with Crippen LogP contribution >= 0.6 is 11.6 Å². The zero-order valence-electron chi connectivity index (χ0n) is 15.8. The molecule has 0 aliphatic heterocycles. The Bertz CT molecular complexity index is 972. The SMILES string of the molecule is CC(C)OC(=O)C[C@@H](NC(=O)c1cccc(S(C)(=O)=O)c1)c1ccccc1Cl. The summed E-state index contributed by atoms with van der Waals surface area (Å²) in [6, 6.07) is 11.8. The third-order valence-electron chi connectivity index (χ3n) is 3.85. The molecule has 8 heteroatoms. The molecule has 2 aromatic rings. The molecule has 2 aromatic carbocycles. The second-order valence-corrected chi connectivity index (χ2v) is 9.01. The van der Waals surface area contributed by atoms with Crippen LogP contribution in [-0.2, 0) is 19.4 Å². The minimum atomic E-state index is -3.45. The lowest BCUT2D eigenvalue weighted by atomic mass is 10.0. The van der Waals surface area contributed by atoms with Crippen LogP contribution in [0.5, 0.6) is 0 Å². The standard InChI is InChI=1S/C20H22ClNO5S/c1-13(2)27-19(23)12-18(16-9-4-5-10-17(16)21)22-20(24)14-7-6-8-15(11-14)28(3,25)26/h4-11,13,18H,12H2,1-3H3,(H,22,24)/t18-/m1/s1. The van der Waals surface area contributed by atoms with Gasteiger partial charge in [-0.25, -0.2) is 8.42 Å². The fraction of sp³-hybridized carbons (Fsp3) is 0.300. The highest BCUT2D eigenvalue weighted by atomic mass is 35.5. The Hall–Kier alpha value is -2.38.